The Morgan fingerprint density at radius 3 is 2.70 bits per heavy atom. The van der Waals surface area contributed by atoms with E-state index in [9.17, 15) is 9.90 Å². The molecular formula is C14H20Cl2N2O2. The third-order valence-corrected chi connectivity index (χ3v) is 3.83. The molecule has 0 bridgehead atoms. The average Bonchev–Trinajstić information content (AvgIpc) is 2.84. The van der Waals surface area contributed by atoms with Crippen LogP contribution < -0.4 is 10.6 Å². The molecule has 2 unspecified atom stereocenters. The molecule has 1 aliphatic rings. The molecular weight excluding hydrogens is 299 g/mol. The van der Waals surface area contributed by atoms with Crippen molar-refractivity contribution in [3.8, 4) is 0 Å². The van der Waals surface area contributed by atoms with Crippen LogP contribution >= 0.6 is 24.0 Å². The molecule has 4 nitrogen and oxygen atoms in total. The standard InChI is InChI=1S/C14H19ClN2O2.ClH/c1-14(7-2-8-17-14)13(19)16-9-12(18)10-3-5-11(15)6-4-10;/h3-6,12,17-18H,2,7-9H2,1H3,(H,16,19);1H. The Hall–Kier alpha value is -0.810. The first-order valence-electron chi connectivity index (χ1n) is 6.48. The van der Waals surface area contributed by atoms with Crippen LogP contribution in [-0.4, -0.2) is 29.6 Å². The Balaban J connectivity index is 0.00000200. The van der Waals surface area contributed by atoms with Gasteiger partial charge in [0.1, 0.15) is 0 Å². The van der Waals surface area contributed by atoms with Crippen molar-refractivity contribution in [2.75, 3.05) is 13.1 Å². The lowest BCUT2D eigenvalue weighted by Gasteiger charge is -2.24. The Morgan fingerprint density at radius 1 is 1.50 bits per heavy atom. The molecule has 1 saturated heterocycles. The SMILES string of the molecule is CC1(C(=O)NCC(O)c2ccc(Cl)cc2)CCCN1.Cl. The maximum atomic E-state index is 12.1. The second-order valence-corrected chi connectivity index (χ2v) is 5.58. The number of aliphatic hydroxyl groups excluding tert-OH is 1. The number of hydrogen-bond donors (Lipinski definition) is 3. The molecule has 1 amide bonds. The highest BCUT2D eigenvalue weighted by Crippen LogP contribution is 2.19. The summed E-state index contributed by atoms with van der Waals surface area (Å²) in [5, 5.41) is 16.6. The first kappa shape index (κ1) is 17.2. The number of hydrogen-bond acceptors (Lipinski definition) is 3. The summed E-state index contributed by atoms with van der Waals surface area (Å²) in [6.07, 6.45) is 1.12. The lowest BCUT2D eigenvalue weighted by molar-refractivity contribution is -0.127. The molecule has 2 rings (SSSR count). The summed E-state index contributed by atoms with van der Waals surface area (Å²) < 4.78 is 0. The number of amides is 1. The fourth-order valence-electron chi connectivity index (χ4n) is 2.28. The van der Waals surface area contributed by atoms with Crippen LogP contribution in [0.3, 0.4) is 0 Å². The third-order valence-electron chi connectivity index (χ3n) is 3.58. The van der Waals surface area contributed by atoms with Crippen molar-refractivity contribution in [2.45, 2.75) is 31.4 Å². The fraction of sp³-hybridized carbons (Fsp3) is 0.500. The Morgan fingerprint density at radius 2 is 2.15 bits per heavy atom. The summed E-state index contributed by atoms with van der Waals surface area (Å²) in [6.45, 7) is 2.96. The summed E-state index contributed by atoms with van der Waals surface area (Å²) in [6, 6.07) is 6.97. The number of carbonyl (C=O) groups is 1. The van der Waals surface area contributed by atoms with Crippen LogP contribution in [0.25, 0.3) is 0 Å². The summed E-state index contributed by atoms with van der Waals surface area (Å²) in [4.78, 5) is 12.1. The minimum absolute atomic E-state index is 0. The zero-order valence-electron chi connectivity index (χ0n) is 11.4. The van der Waals surface area contributed by atoms with E-state index in [1.807, 2.05) is 6.92 Å². The predicted molar refractivity (Wildman–Crippen MR) is 82.3 cm³/mol. The van der Waals surface area contributed by atoms with Gasteiger partial charge in [-0.25, -0.2) is 0 Å². The summed E-state index contributed by atoms with van der Waals surface area (Å²) in [7, 11) is 0. The highest BCUT2D eigenvalue weighted by Gasteiger charge is 2.35. The first-order valence-corrected chi connectivity index (χ1v) is 6.86. The summed E-state index contributed by atoms with van der Waals surface area (Å²) in [5.41, 5.74) is 0.244. The minimum atomic E-state index is -0.716. The lowest BCUT2D eigenvalue weighted by Crippen LogP contribution is -2.51. The number of nitrogens with one attached hydrogen (secondary N) is 2. The quantitative estimate of drug-likeness (QED) is 0.796. The number of carbonyl (C=O) groups excluding carboxylic acids is 1. The van der Waals surface area contributed by atoms with Crippen LogP contribution in [0.2, 0.25) is 5.02 Å². The predicted octanol–water partition coefficient (Wildman–Crippen LogP) is 2.05. The molecule has 1 heterocycles. The van der Waals surface area contributed by atoms with E-state index < -0.39 is 11.6 Å². The van der Waals surface area contributed by atoms with Crippen molar-refractivity contribution in [3.63, 3.8) is 0 Å². The van der Waals surface area contributed by atoms with Crippen molar-refractivity contribution in [2.24, 2.45) is 0 Å². The normalized spacial score (nSPS) is 22.9. The number of halogens is 2. The minimum Gasteiger partial charge on any atom is -0.387 e. The molecule has 20 heavy (non-hydrogen) atoms. The van der Waals surface area contributed by atoms with Crippen LogP contribution in [0.1, 0.15) is 31.4 Å². The molecule has 2 atom stereocenters. The molecule has 0 aromatic heterocycles. The van der Waals surface area contributed by atoms with E-state index in [1.54, 1.807) is 24.3 Å². The molecule has 1 aromatic rings. The zero-order valence-corrected chi connectivity index (χ0v) is 12.9. The van der Waals surface area contributed by atoms with Crippen molar-refractivity contribution in [3.05, 3.63) is 34.9 Å². The van der Waals surface area contributed by atoms with Crippen molar-refractivity contribution in [1.29, 1.82) is 0 Å². The van der Waals surface area contributed by atoms with Gasteiger partial charge in [0.05, 0.1) is 11.6 Å². The van der Waals surface area contributed by atoms with Gasteiger partial charge in [-0.05, 0) is 44.0 Å². The van der Waals surface area contributed by atoms with Gasteiger partial charge in [-0.15, -0.1) is 12.4 Å². The van der Waals surface area contributed by atoms with Gasteiger partial charge >= 0.3 is 0 Å². The largest absolute Gasteiger partial charge is 0.387 e. The molecule has 0 radical (unpaired) electrons. The monoisotopic (exact) mass is 318 g/mol. The number of aliphatic hydroxyl groups is 1. The molecule has 1 aromatic carbocycles. The van der Waals surface area contributed by atoms with Crippen molar-refractivity contribution in [1.82, 2.24) is 10.6 Å². The van der Waals surface area contributed by atoms with Crippen molar-refractivity contribution >= 4 is 29.9 Å². The third kappa shape index (κ3) is 4.09. The Labute approximate surface area is 130 Å². The van der Waals surface area contributed by atoms with Crippen LogP contribution in [0.4, 0.5) is 0 Å². The smallest absolute Gasteiger partial charge is 0.240 e. The Bertz CT molecular complexity index is 445. The van der Waals surface area contributed by atoms with Crippen LogP contribution in [0, 0.1) is 0 Å². The van der Waals surface area contributed by atoms with Gasteiger partial charge in [0.2, 0.25) is 5.91 Å². The topological polar surface area (TPSA) is 61.4 Å². The fourth-order valence-corrected chi connectivity index (χ4v) is 2.40. The maximum Gasteiger partial charge on any atom is 0.240 e. The van der Waals surface area contributed by atoms with E-state index in [2.05, 4.69) is 10.6 Å². The molecule has 0 saturated carbocycles. The van der Waals surface area contributed by atoms with E-state index in [-0.39, 0.29) is 24.9 Å². The highest BCUT2D eigenvalue weighted by molar-refractivity contribution is 6.30. The second kappa shape index (κ2) is 7.27. The molecule has 0 spiro atoms. The van der Waals surface area contributed by atoms with Crippen LogP contribution in [0.5, 0.6) is 0 Å². The summed E-state index contributed by atoms with van der Waals surface area (Å²) in [5.74, 6) is -0.0574. The zero-order chi connectivity index (χ0) is 13.9. The molecule has 3 N–H and O–H groups in total. The van der Waals surface area contributed by atoms with Crippen molar-refractivity contribution < 1.29 is 9.90 Å². The Kier molecular flexibility index (Phi) is 6.27. The van der Waals surface area contributed by atoms with E-state index in [1.165, 1.54) is 0 Å². The molecule has 1 aliphatic heterocycles. The van der Waals surface area contributed by atoms with Gasteiger partial charge in [-0.2, -0.15) is 0 Å². The number of rotatable bonds is 4. The highest BCUT2D eigenvalue weighted by atomic mass is 35.5. The van der Waals surface area contributed by atoms with E-state index in [0.29, 0.717) is 5.02 Å². The van der Waals surface area contributed by atoms with Gasteiger partial charge < -0.3 is 15.7 Å². The number of benzene rings is 1. The van der Waals surface area contributed by atoms with E-state index in [0.717, 1.165) is 24.9 Å². The van der Waals surface area contributed by atoms with Gasteiger partial charge in [-0.3, -0.25) is 4.79 Å². The van der Waals surface area contributed by atoms with Gasteiger partial charge in [0.15, 0.2) is 0 Å². The van der Waals surface area contributed by atoms with Gasteiger partial charge in [0, 0.05) is 11.6 Å². The van der Waals surface area contributed by atoms with E-state index in [4.69, 9.17) is 11.6 Å². The molecule has 1 fully saturated rings. The molecule has 6 heteroatoms. The second-order valence-electron chi connectivity index (χ2n) is 5.14. The lowest BCUT2D eigenvalue weighted by atomic mass is 9.99. The van der Waals surface area contributed by atoms with Gasteiger partial charge in [0.25, 0.3) is 0 Å². The molecule has 112 valence electrons. The molecule has 0 aliphatic carbocycles. The van der Waals surface area contributed by atoms with Crippen LogP contribution in [0.15, 0.2) is 24.3 Å². The van der Waals surface area contributed by atoms with Crippen LogP contribution in [-0.2, 0) is 4.79 Å². The average molecular weight is 319 g/mol. The summed E-state index contributed by atoms with van der Waals surface area (Å²) >= 11 is 5.79. The van der Waals surface area contributed by atoms with E-state index >= 15 is 0 Å². The van der Waals surface area contributed by atoms with Gasteiger partial charge in [-0.1, -0.05) is 23.7 Å². The maximum absolute atomic E-state index is 12.1. The first-order chi connectivity index (χ1) is 9.01.